The number of aromatic nitrogens is 2. The molecule has 0 amide bonds. The van der Waals surface area contributed by atoms with Gasteiger partial charge < -0.3 is 19.7 Å². The maximum atomic E-state index is 13.9. The molecule has 13 heteroatoms. The van der Waals surface area contributed by atoms with E-state index in [1.165, 1.54) is 11.3 Å². The van der Waals surface area contributed by atoms with E-state index in [9.17, 15) is 31.1 Å². The number of anilines is 1. The molecule has 3 aromatic carbocycles. The number of aromatic amines is 1. The Labute approximate surface area is 239 Å². The fourth-order valence-electron chi connectivity index (χ4n) is 4.60. The summed E-state index contributed by atoms with van der Waals surface area (Å²) in [6, 6.07) is 14.0. The lowest BCUT2D eigenvalue weighted by molar-refractivity contribution is -0.143. The lowest BCUT2D eigenvalue weighted by Crippen LogP contribution is -2.27. The van der Waals surface area contributed by atoms with Crippen LogP contribution in [0.3, 0.4) is 0 Å². The fraction of sp³-hybridized carbons (Fsp3) is 0.241. The molecule has 0 atom stereocenters. The van der Waals surface area contributed by atoms with Crippen molar-refractivity contribution in [1.29, 1.82) is 0 Å². The third-order valence-corrected chi connectivity index (χ3v) is 7.68. The minimum atomic E-state index is -4.99. The first-order valence-electron chi connectivity index (χ1n) is 12.7. The average molecular weight is 608 g/mol. The number of fused-ring (bicyclic) bond motifs is 2. The van der Waals surface area contributed by atoms with Gasteiger partial charge in [0.1, 0.15) is 5.75 Å². The van der Waals surface area contributed by atoms with Gasteiger partial charge in [-0.15, -0.1) is 0 Å². The van der Waals surface area contributed by atoms with Gasteiger partial charge in [-0.1, -0.05) is 29.5 Å². The molecule has 0 aliphatic rings. The summed E-state index contributed by atoms with van der Waals surface area (Å²) < 4.78 is 87.9. The summed E-state index contributed by atoms with van der Waals surface area (Å²) in [5, 5.41) is 10.3. The van der Waals surface area contributed by atoms with Crippen molar-refractivity contribution >= 4 is 43.6 Å². The standard InChI is InChI=1S/C29H23F6N3O3S/c30-28(31,32)19-7-6-17(22(13-19)29(33,34)35)16-38(27-37-24-4-1-2-5-25(24)42-27)10-3-11-41-20-8-9-23-21(14-20)18(15-36-23)12-26(39)40/h1-2,4-9,13-15,36H,3,10-12,16H2,(H,39,40). The lowest BCUT2D eigenvalue weighted by Gasteiger charge is -2.24. The Balaban J connectivity index is 1.36. The normalized spacial score (nSPS) is 12.2. The number of aliphatic carboxylic acids is 1. The summed E-state index contributed by atoms with van der Waals surface area (Å²) in [5.41, 5.74) is -1.03. The first-order chi connectivity index (χ1) is 19.9. The highest BCUT2D eigenvalue weighted by molar-refractivity contribution is 7.22. The topological polar surface area (TPSA) is 78.4 Å². The third kappa shape index (κ3) is 6.62. The first-order valence-corrected chi connectivity index (χ1v) is 13.5. The second kappa shape index (κ2) is 11.6. The predicted molar refractivity (Wildman–Crippen MR) is 147 cm³/mol. The Morgan fingerprint density at radius 1 is 0.976 bits per heavy atom. The quantitative estimate of drug-likeness (QED) is 0.125. The van der Waals surface area contributed by atoms with Crippen molar-refractivity contribution < 1.29 is 41.0 Å². The summed E-state index contributed by atoms with van der Waals surface area (Å²) >= 11 is 1.27. The van der Waals surface area contributed by atoms with Crippen LogP contribution in [-0.2, 0) is 30.1 Å². The first kappa shape index (κ1) is 29.2. The summed E-state index contributed by atoms with van der Waals surface area (Å²) in [7, 11) is 0. The van der Waals surface area contributed by atoms with Crippen molar-refractivity contribution in [1.82, 2.24) is 9.97 Å². The molecule has 0 saturated carbocycles. The van der Waals surface area contributed by atoms with Gasteiger partial charge in [-0.3, -0.25) is 4.79 Å². The highest BCUT2D eigenvalue weighted by atomic mass is 32.1. The van der Waals surface area contributed by atoms with E-state index >= 15 is 0 Å². The molecule has 2 N–H and O–H groups in total. The summed E-state index contributed by atoms with van der Waals surface area (Å²) in [4.78, 5) is 20.3. The van der Waals surface area contributed by atoms with Gasteiger partial charge in [0.15, 0.2) is 5.13 Å². The number of H-pyrrole nitrogens is 1. The molecule has 0 radical (unpaired) electrons. The summed E-state index contributed by atoms with van der Waals surface area (Å²) in [5.74, 6) is -0.485. The number of carboxylic acid groups (broad SMARTS) is 1. The van der Waals surface area contributed by atoms with Crippen molar-refractivity contribution in [2.45, 2.75) is 31.7 Å². The monoisotopic (exact) mass is 607 g/mol. The highest BCUT2D eigenvalue weighted by Crippen LogP contribution is 2.39. The molecule has 0 unspecified atom stereocenters. The number of nitrogens with one attached hydrogen (secondary N) is 1. The molecule has 2 aromatic heterocycles. The number of benzene rings is 3. The highest BCUT2D eigenvalue weighted by Gasteiger charge is 2.38. The van der Waals surface area contributed by atoms with Gasteiger partial charge in [0.05, 0.1) is 34.4 Å². The van der Waals surface area contributed by atoms with E-state index in [1.54, 1.807) is 41.4 Å². The number of halogens is 6. The SMILES string of the molecule is O=C(O)Cc1c[nH]c2ccc(OCCCN(Cc3ccc(C(F)(F)F)cc3C(F)(F)F)c3nc4ccccc4s3)cc12. The number of thiazole rings is 1. The molecule has 2 heterocycles. The van der Waals surface area contributed by atoms with Crippen LogP contribution in [0.5, 0.6) is 5.75 Å². The second-order valence-electron chi connectivity index (χ2n) is 9.55. The van der Waals surface area contributed by atoms with Crippen molar-refractivity contribution in [3.63, 3.8) is 0 Å². The number of rotatable bonds is 10. The van der Waals surface area contributed by atoms with Crippen molar-refractivity contribution in [3.8, 4) is 5.75 Å². The van der Waals surface area contributed by atoms with E-state index in [0.29, 0.717) is 39.8 Å². The molecule has 0 aliphatic heterocycles. The Morgan fingerprint density at radius 3 is 2.48 bits per heavy atom. The molecule has 42 heavy (non-hydrogen) atoms. The molecule has 0 bridgehead atoms. The zero-order valence-electron chi connectivity index (χ0n) is 21.7. The minimum Gasteiger partial charge on any atom is -0.494 e. The van der Waals surface area contributed by atoms with Crippen LogP contribution in [0.1, 0.15) is 28.7 Å². The molecule has 0 fully saturated rings. The predicted octanol–water partition coefficient (Wildman–Crippen LogP) is 7.92. The number of nitrogens with zero attached hydrogens (tertiary/aromatic N) is 2. The van der Waals surface area contributed by atoms with E-state index in [4.69, 9.17) is 9.84 Å². The molecule has 0 aliphatic carbocycles. The van der Waals surface area contributed by atoms with E-state index in [-0.39, 0.29) is 37.7 Å². The van der Waals surface area contributed by atoms with Crippen LogP contribution in [0.15, 0.2) is 66.9 Å². The number of para-hydroxylation sites is 1. The lowest BCUT2D eigenvalue weighted by atomic mass is 10.0. The van der Waals surface area contributed by atoms with Crippen molar-refractivity contribution in [2.75, 3.05) is 18.1 Å². The largest absolute Gasteiger partial charge is 0.494 e. The Morgan fingerprint density at radius 2 is 1.76 bits per heavy atom. The van der Waals surface area contributed by atoms with Crippen LogP contribution in [0, 0.1) is 0 Å². The van der Waals surface area contributed by atoms with Crippen LogP contribution < -0.4 is 9.64 Å². The van der Waals surface area contributed by atoms with Gasteiger partial charge in [0.2, 0.25) is 0 Å². The number of hydrogen-bond acceptors (Lipinski definition) is 5. The number of ether oxygens (including phenoxy) is 1. The van der Waals surface area contributed by atoms with Gasteiger partial charge in [0.25, 0.3) is 0 Å². The fourth-order valence-corrected chi connectivity index (χ4v) is 5.59. The zero-order chi connectivity index (χ0) is 30.1. The molecule has 220 valence electrons. The van der Waals surface area contributed by atoms with Gasteiger partial charge in [-0.05, 0) is 60.0 Å². The molecule has 5 rings (SSSR count). The Bertz CT molecular complexity index is 1690. The van der Waals surface area contributed by atoms with E-state index in [0.717, 1.165) is 16.3 Å². The smallest absolute Gasteiger partial charge is 0.416 e. The molecule has 0 spiro atoms. The van der Waals surface area contributed by atoms with Crippen LogP contribution in [0.25, 0.3) is 21.1 Å². The molecule has 0 saturated heterocycles. The van der Waals surface area contributed by atoms with Gasteiger partial charge in [-0.2, -0.15) is 26.3 Å². The van der Waals surface area contributed by atoms with E-state index < -0.39 is 29.4 Å². The third-order valence-electron chi connectivity index (χ3n) is 6.58. The second-order valence-corrected chi connectivity index (χ2v) is 10.6. The van der Waals surface area contributed by atoms with E-state index in [1.807, 2.05) is 12.1 Å². The molecule has 6 nitrogen and oxygen atoms in total. The van der Waals surface area contributed by atoms with Crippen LogP contribution in [-0.4, -0.2) is 34.2 Å². The average Bonchev–Trinajstić information content (AvgIpc) is 3.53. The molecular formula is C29H23F6N3O3S. The number of alkyl halides is 6. The Kier molecular flexibility index (Phi) is 8.04. The number of carbonyl (C=O) groups is 1. The van der Waals surface area contributed by atoms with Gasteiger partial charge in [0, 0.05) is 30.2 Å². The number of carboxylic acids is 1. The zero-order valence-corrected chi connectivity index (χ0v) is 22.5. The van der Waals surface area contributed by atoms with Crippen LogP contribution in [0.4, 0.5) is 31.5 Å². The minimum absolute atomic E-state index is 0.144. The van der Waals surface area contributed by atoms with E-state index in [2.05, 4.69) is 9.97 Å². The maximum absolute atomic E-state index is 13.9. The van der Waals surface area contributed by atoms with Crippen molar-refractivity contribution in [2.24, 2.45) is 0 Å². The number of hydrogen-bond donors (Lipinski definition) is 2. The van der Waals surface area contributed by atoms with Gasteiger partial charge >= 0.3 is 18.3 Å². The van der Waals surface area contributed by atoms with Crippen LogP contribution >= 0.6 is 11.3 Å². The van der Waals surface area contributed by atoms with Crippen LogP contribution in [0.2, 0.25) is 0 Å². The summed E-state index contributed by atoms with van der Waals surface area (Å²) in [6.07, 6.45) is -8.10. The molecule has 5 aromatic rings. The Hall–Kier alpha value is -4.26. The van der Waals surface area contributed by atoms with Crippen molar-refractivity contribution in [3.05, 3.63) is 89.1 Å². The molecular weight excluding hydrogens is 584 g/mol. The van der Waals surface area contributed by atoms with Gasteiger partial charge in [-0.25, -0.2) is 4.98 Å². The summed E-state index contributed by atoms with van der Waals surface area (Å²) in [6.45, 7) is 0.0557. The maximum Gasteiger partial charge on any atom is 0.416 e.